The number of hydrogen-bond acceptors (Lipinski definition) is 3. The molecule has 4 aromatic carbocycles. The van der Waals surface area contributed by atoms with Crippen LogP contribution in [0.15, 0.2) is 115 Å². The maximum Gasteiger partial charge on any atom is 0.167 e. The molecule has 4 heteroatoms. The van der Waals surface area contributed by atoms with Crippen molar-refractivity contribution in [2.75, 3.05) is 11.9 Å². The summed E-state index contributed by atoms with van der Waals surface area (Å²) in [5.74, 6) is -0.697. The molecule has 162 valence electrons. The van der Waals surface area contributed by atoms with Crippen LogP contribution < -0.4 is 15.5 Å². The van der Waals surface area contributed by atoms with Gasteiger partial charge in [-0.25, -0.2) is 0 Å². The van der Waals surface area contributed by atoms with Crippen LogP contribution in [-0.4, -0.2) is 17.9 Å². The number of nitrogens with zero attached hydrogens (tertiary/aromatic N) is 1. The first-order valence-corrected chi connectivity index (χ1v) is 12.5. The van der Waals surface area contributed by atoms with Crippen LogP contribution in [0.25, 0.3) is 0 Å². The first kappa shape index (κ1) is 22.1. The zero-order valence-corrected chi connectivity index (χ0v) is 19.3. The summed E-state index contributed by atoms with van der Waals surface area (Å²) in [5.41, 5.74) is 2.76. The lowest BCUT2D eigenvalue weighted by molar-refractivity contribution is 0.170. The summed E-state index contributed by atoms with van der Waals surface area (Å²) in [4.78, 5) is 1.96. The van der Waals surface area contributed by atoms with Gasteiger partial charge in [0.2, 0.25) is 0 Å². The minimum absolute atomic E-state index is 0.697. The van der Waals surface area contributed by atoms with E-state index in [4.69, 9.17) is 0 Å². The number of hydrogen-bond donors (Lipinski definition) is 1. The van der Waals surface area contributed by atoms with Crippen LogP contribution in [0, 0.1) is 6.92 Å². The molecule has 0 aliphatic carbocycles. The summed E-state index contributed by atoms with van der Waals surface area (Å²) in [6.45, 7) is 2.02. The molecule has 2 atom stereocenters. The number of aliphatic hydroxyl groups is 1. The molecule has 0 radical (unpaired) electrons. The van der Waals surface area contributed by atoms with E-state index < -0.39 is 19.0 Å². The maximum absolute atomic E-state index is 15.2. The molecule has 0 fully saturated rings. The second-order valence-electron chi connectivity index (χ2n) is 8.04. The maximum atomic E-state index is 15.2. The number of rotatable bonds is 7. The molecule has 4 aromatic rings. The van der Waals surface area contributed by atoms with Gasteiger partial charge in [-0.3, -0.25) is 0 Å². The van der Waals surface area contributed by atoms with Crippen LogP contribution in [0.5, 0.6) is 0 Å². The third-order valence-corrected chi connectivity index (χ3v) is 9.42. The summed E-state index contributed by atoms with van der Waals surface area (Å²) in [5, 5.41) is 13.2. The van der Waals surface area contributed by atoms with Gasteiger partial charge in [-0.15, -0.1) is 0 Å². The average Bonchev–Trinajstić information content (AvgIpc) is 2.86. The van der Waals surface area contributed by atoms with Crippen LogP contribution >= 0.6 is 7.14 Å². The van der Waals surface area contributed by atoms with E-state index in [1.165, 1.54) is 0 Å². The summed E-state index contributed by atoms with van der Waals surface area (Å²) < 4.78 is 15.2. The van der Waals surface area contributed by atoms with Crippen molar-refractivity contribution in [2.24, 2.45) is 0 Å². The zero-order valence-electron chi connectivity index (χ0n) is 18.4. The Morgan fingerprint density at radius 3 is 1.59 bits per heavy atom. The van der Waals surface area contributed by atoms with Crippen LogP contribution in [0.1, 0.15) is 17.2 Å². The van der Waals surface area contributed by atoms with E-state index in [0.29, 0.717) is 0 Å². The van der Waals surface area contributed by atoms with Crippen molar-refractivity contribution >= 4 is 23.4 Å². The minimum atomic E-state index is -3.31. The molecule has 0 saturated carbocycles. The van der Waals surface area contributed by atoms with Crippen LogP contribution in [0.2, 0.25) is 0 Å². The molecule has 1 N–H and O–H groups in total. The fourth-order valence-corrected chi connectivity index (χ4v) is 7.49. The number of likely N-dealkylation sites (N-methyl/N-ethyl adjacent to an activating group) is 1. The van der Waals surface area contributed by atoms with Crippen molar-refractivity contribution in [1.29, 1.82) is 0 Å². The number of para-hydroxylation sites is 1. The normalized spacial score (nSPS) is 13.3. The number of anilines is 1. The van der Waals surface area contributed by atoms with Crippen LogP contribution in [-0.2, 0) is 4.57 Å². The molecule has 4 rings (SSSR count). The monoisotopic (exact) mass is 441 g/mol. The van der Waals surface area contributed by atoms with Gasteiger partial charge in [0.05, 0.1) is 0 Å². The molecule has 0 aliphatic rings. The third-order valence-electron chi connectivity index (χ3n) is 5.91. The molecule has 32 heavy (non-hydrogen) atoms. The van der Waals surface area contributed by atoms with Gasteiger partial charge in [0.15, 0.2) is 7.14 Å². The summed E-state index contributed by atoms with van der Waals surface area (Å²) in [6, 6.07) is 36.7. The number of benzene rings is 4. The minimum Gasteiger partial charge on any atom is -0.386 e. The van der Waals surface area contributed by atoms with E-state index in [1.807, 2.05) is 134 Å². The molecule has 0 aliphatic heterocycles. The predicted molar refractivity (Wildman–Crippen MR) is 135 cm³/mol. The Bertz CT molecular complexity index is 1140. The standard InChI is InChI=1S/C28H28NO2P/c1-22-18-20-23(21-19-22)27(30)28(29(2)24-12-6-3-7-13-24)32(31,25-14-8-4-9-15-25)26-16-10-5-11-17-26/h3-21,27-28,30H,1-2H3. The number of aryl methyl sites for hydroxylation is 1. The van der Waals surface area contributed by atoms with Gasteiger partial charge >= 0.3 is 0 Å². The van der Waals surface area contributed by atoms with Gasteiger partial charge in [0, 0.05) is 23.3 Å². The molecule has 0 aromatic heterocycles. The highest BCUT2D eigenvalue weighted by Crippen LogP contribution is 2.54. The number of aliphatic hydroxyl groups excluding tert-OH is 1. The molecule has 0 heterocycles. The molecule has 3 nitrogen and oxygen atoms in total. The highest BCUT2D eigenvalue weighted by molar-refractivity contribution is 7.79. The molecule has 0 bridgehead atoms. The van der Waals surface area contributed by atoms with Gasteiger partial charge in [0.1, 0.15) is 11.9 Å². The average molecular weight is 442 g/mol. The Kier molecular flexibility index (Phi) is 6.60. The van der Waals surface area contributed by atoms with Crippen molar-refractivity contribution in [1.82, 2.24) is 0 Å². The van der Waals surface area contributed by atoms with Gasteiger partial charge < -0.3 is 14.6 Å². The Morgan fingerprint density at radius 2 is 1.12 bits per heavy atom. The molecular formula is C28H28NO2P. The van der Waals surface area contributed by atoms with Crippen molar-refractivity contribution in [3.8, 4) is 0 Å². The van der Waals surface area contributed by atoms with Crippen LogP contribution in [0.4, 0.5) is 5.69 Å². The Balaban J connectivity index is 1.95. The molecule has 0 spiro atoms. The molecule has 2 unspecified atom stereocenters. The second-order valence-corrected chi connectivity index (χ2v) is 10.9. The Morgan fingerprint density at radius 1 is 0.688 bits per heavy atom. The highest BCUT2D eigenvalue weighted by Gasteiger charge is 2.44. The van der Waals surface area contributed by atoms with Crippen molar-refractivity contribution in [3.63, 3.8) is 0 Å². The topological polar surface area (TPSA) is 40.5 Å². The van der Waals surface area contributed by atoms with Gasteiger partial charge in [-0.2, -0.15) is 0 Å². The third kappa shape index (κ3) is 4.27. The smallest absolute Gasteiger partial charge is 0.167 e. The van der Waals surface area contributed by atoms with E-state index >= 15 is 4.57 Å². The second kappa shape index (κ2) is 9.56. The SMILES string of the molecule is Cc1ccc(C(O)C(N(C)c2ccccc2)P(=O)(c2ccccc2)c2ccccc2)cc1. The lowest BCUT2D eigenvalue weighted by atomic mass is 10.1. The quantitative estimate of drug-likeness (QED) is 0.385. The fourth-order valence-electron chi connectivity index (χ4n) is 4.16. The van der Waals surface area contributed by atoms with Gasteiger partial charge in [-0.1, -0.05) is 109 Å². The van der Waals surface area contributed by atoms with E-state index in [2.05, 4.69) is 0 Å². The van der Waals surface area contributed by atoms with Crippen molar-refractivity contribution in [3.05, 3.63) is 126 Å². The van der Waals surface area contributed by atoms with E-state index in [0.717, 1.165) is 27.4 Å². The largest absolute Gasteiger partial charge is 0.386 e. The lowest BCUT2D eigenvalue weighted by Crippen LogP contribution is -2.42. The molecular weight excluding hydrogens is 413 g/mol. The Labute approximate surface area is 190 Å². The van der Waals surface area contributed by atoms with Crippen molar-refractivity contribution in [2.45, 2.75) is 18.8 Å². The highest BCUT2D eigenvalue weighted by atomic mass is 31.2. The summed E-state index contributed by atoms with van der Waals surface area (Å²) in [6.07, 6.45) is -0.966. The van der Waals surface area contributed by atoms with Gasteiger partial charge in [-0.05, 0) is 24.6 Å². The lowest BCUT2D eigenvalue weighted by Gasteiger charge is -2.39. The fraction of sp³-hybridized carbons (Fsp3) is 0.143. The Hall–Kier alpha value is -3.13. The predicted octanol–water partition coefficient (Wildman–Crippen LogP) is 5.51. The first-order valence-electron chi connectivity index (χ1n) is 10.8. The van der Waals surface area contributed by atoms with Gasteiger partial charge in [0.25, 0.3) is 0 Å². The van der Waals surface area contributed by atoms with Crippen molar-refractivity contribution < 1.29 is 9.67 Å². The summed E-state index contributed by atoms with van der Waals surface area (Å²) >= 11 is 0. The molecule has 0 amide bonds. The van der Waals surface area contributed by atoms with Crippen LogP contribution in [0.3, 0.4) is 0 Å². The van der Waals surface area contributed by atoms with E-state index in [1.54, 1.807) is 0 Å². The van der Waals surface area contributed by atoms with E-state index in [9.17, 15) is 5.11 Å². The zero-order chi connectivity index (χ0) is 22.6. The molecule has 0 saturated heterocycles. The summed E-state index contributed by atoms with van der Waals surface area (Å²) in [7, 11) is -1.40. The first-order chi connectivity index (χ1) is 15.5. The van der Waals surface area contributed by atoms with E-state index in [-0.39, 0.29) is 0 Å².